The van der Waals surface area contributed by atoms with Crippen LogP contribution in [0.2, 0.25) is 0 Å². The molecule has 2 aromatic carbocycles. The minimum atomic E-state index is -0.261. The number of hydrogen-bond acceptors (Lipinski definition) is 1. The zero-order valence-electron chi connectivity index (χ0n) is 10.2. The first-order chi connectivity index (χ1) is 9.13. The molecule has 0 saturated heterocycles. The molecule has 0 spiro atoms. The van der Waals surface area contributed by atoms with Crippen LogP contribution in [0.15, 0.2) is 40.9 Å². The van der Waals surface area contributed by atoms with Gasteiger partial charge < -0.3 is 4.90 Å². The van der Waals surface area contributed by atoms with Gasteiger partial charge in [0.05, 0.1) is 0 Å². The molecular weight excluding hydrogens is 312 g/mol. The Morgan fingerprint density at radius 3 is 2.58 bits per heavy atom. The van der Waals surface area contributed by atoms with Crippen LogP contribution in [0.5, 0.6) is 0 Å². The van der Waals surface area contributed by atoms with Crippen LogP contribution in [-0.2, 0) is 13.0 Å². The van der Waals surface area contributed by atoms with E-state index in [4.69, 9.17) is 0 Å². The summed E-state index contributed by atoms with van der Waals surface area (Å²) in [6.07, 6.45) is 0.925. The fourth-order valence-corrected chi connectivity index (χ4v) is 2.91. The van der Waals surface area contributed by atoms with E-state index in [0.717, 1.165) is 28.7 Å². The second kappa shape index (κ2) is 4.93. The van der Waals surface area contributed by atoms with Crippen molar-refractivity contribution in [1.82, 2.24) is 0 Å². The molecule has 0 aromatic heterocycles. The Bertz CT molecular complexity index is 628. The molecule has 3 rings (SSSR count). The predicted molar refractivity (Wildman–Crippen MR) is 75.3 cm³/mol. The monoisotopic (exact) mass is 323 g/mol. The van der Waals surface area contributed by atoms with Crippen molar-refractivity contribution >= 4 is 21.6 Å². The third kappa shape index (κ3) is 2.50. The lowest BCUT2D eigenvalue weighted by molar-refractivity contribution is 0.625. The molecular formula is C15H12BrF2N. The third-order valence-electron chi connectivity index (χ3n) is 3.42. The molecule has 19 heavy (non-hydrogen) atoms. The van der Waals surface area contributed by atoms with Crippen molar-refractivity contribution in [1.29, 1.82) is 0 Å². The standard InChI is InChI=1S/C15H12BrF2N/c16-14-7-12(17)4-2-11(14)9-19-6-5-10-1-3-13(18)8-15(10)19/h1-4,7-8H,5-6,9H2. The predicted octanol–water partition coefficient (Wildman–Crippen LogP) is 4.29. The average molecular weight is 324 g/mol. The van der Waals surface area contributed by atoms with Gasteiger partial charge in [0.15, 0.2) is 0 Å². The van der Waals surface area contributed by atoms with Crippen molar-refractivity contribution in [2.45, 2.75) is 13.0 Å². The molecule has 0 saturated carbocycles. The van der Waals surface area contributed by atoms with Gasteiger partial charge in [0.2, 0.25) is 0 Å². The first-order valence-corrected chi connectivity index (χ1v) is 6.90. The van der Waals surface area contributed by atoms with Gasteiger partial charge in [-0.1, -0.05) is 28.1 Å². The van der Waals surface area contributed by atoms with Crippen LogP contribution in [-0.4, -0.2) is 6.54 Å². The second-order valence-corrected chi connectivity index (χ2v) is 5.53. The molecule has 0 N–H and O–H groups in total. The lowest BCUT2D eigenvalue weighted by atomic mass is 10.1. The largest absolute Gasteiger partial charge is 0.367 e. The first kappa shape index (κ1) is 12.6. The summed E-state index contributed by atoms with van der Waals surface area (Å²) in [5.74, 6) is -0.479. The fraction of sp³-hybridized carbons (Fsp3) is 0.200. The van der Waals surface area contributed by atoms with Gasteiger partial charge >= 0.3 is 0 Å². The van der Waals surface area contributed by atoms with Crippen molar-refractivity contribution in [2.75, 3.05) is 11.4 Å². The lowest BCUT2D eigenvalue weighted by Gasteiger charge is -2.20. The molecule has 0 bridgehead atoms. The van der Waals surface area contributed by atoms with Gasteiger partial charge in [-0.3, -0.25) is 0 Å². The van der Waals surface area contributed by atoms with Crippen molar-refractivity contribution in [2.24, 2.45) is 0 Å². The first-order valence-electron chi connectivity index (χ1n) is 6.11. The summed E-state index contributed by atoms with van der Waals surface area (Å²) in [5.41, 5.74) is 3.11. The Hall–Kier alpha value is -1.42. The quantitative estimate of drug-likeness (QED) is 0.796. The van der Waals surface area contributed by atoms with E-state index in [1.54, 1.807) is 12.1 Å². The number of benzene rings is 2. The number of hydrogen-bond donors (Lipinski definition) is 0. The van der Waals surface area contributed by atoms with Crippen LogP contribution < -0.4 is 4.90 Å². The van der Waals surface area contributed by atoms with Crippen molar-refractivity contribution in [3.8, 4) is 0 Å². The van der Waals surface area contributed by atoms with E-state index in [1.807, 2.05) is 6.07 Å². The van der Waals surface area contributed by atoms with E-state index < -0.39 is 0 Å². The molecule has 0 unspecified atom stereocenters. The van der Waals surface area contributed by atoms with Crippen LogP contribution in [0, 0.1) is 11.6 Å². The maximum absolute atomic E-state index is 13.3. The molecule has 1 nitrogen and oxygen atoms in total. The fourth-order valence-electron chi connectivity index (χ4n) is 2.44. The summed E-state index contributed by atoms with van der Waals surface area (Å²) in [5, 5.41) is 0. The highest BCUT2D eigenvalue weighted by atomic mass is 79.9. The molecule has 98 valence electrons. The normalized spacial score (nSPS) is 13.7. The number of anilines is 1. The Kier molecular flexibility index (Phi) is 3.27. The number of nitrogens with zero attached hydrogens (tertiary/aromatic N) is 1. The summed E-state index contributed by atoms with van der Waals surface area (Å²) in [4.78, 5) is 2.12. The van der Waals surface area contributed by atoms with E-state index >= 15 is 0 Å². The zero-order valence-corrected chi connectivity index (χ0v) is 11.8. The molecule has 0 fully saturated rings. The average Bonchev–Trinajstić information content (AvgIpc) is 2.75. The van der Waals surface area contributed by atoms with Gasteiger partial charge in [-0.15, -0.1) is 0 Å². The second-order valence-electron chi connectivity index (χ2n) is 4.68. The van der Waals surface area contributed by atoms with Gasteiger partial charge in [-0.25, -0.2) is 8.78 Å². The van der Waals surface area contributed by atoms with Crippen LogP contribution in [0.4, 0.5) is 14.5 Å². The van der Waals surface area contributed by atoms with E-state index in [0.29, 0.717) is 6.54 Å². The van der Waals surface area contributed by atoms with Crippen molar-refractivity contribution in [3.63, 3.8) is 0 Å². The SMILES string of the molecule is Fc1ccc(CN2CCc3ccc(F)cc32)c(Br)c1. The Morgan fingerprint density at radius 2 is 1.79 bits per heavy atom. The van der Waals surface area contributed by atoms with E-state index in [-0.39, 0.29) is 11.6 Å². The summed E-state index contributed by atoms with van der Waals surface area (Å²) in [6.45, 7) is 1.51. The van der Waals surface area contributed by atoms with Crippen LogP contribution in [0.3, 0.4) is 0 Å². The molecule has 0 atom stereocenters. The number of halogens is 3. The topological polar surface area (TPSA) is 3.24 Å². The van der Waals surface area contributed by atoms with Gasteiger partial charge in [0.25, 0.3) is 0 Å². The highest BCUT2D eigenvalue weighted by molar-refractivity contribution is 9.10. The van der Waals surface area contributed by atoms with Crippen molar-refractivity contribution in [3.05, 3.63) is 63.6 Å². The molecule has 4 heteroatoms. The molecule has 1 aliphatic heterocycles. The Morgan fingerprint density at radius 1 is 1.05 bits per heavy atom. The van der Waals surface area contributed by atoms with Gasteiger partial charge in [-0.2, -0.15) is 0 Å². The minimum Gasteiger partial charge on any atom is -0.367 e. The molecule has 0 aliphatic carbocycles. The maximum atomic E-state index is 13.3. The van der Waals surface area contributed by atoms with E-state index in [9.17, 15) is 8.78 Å². The Labute approximate surface area is 119 Å². The summed E-state index contributed by atoms with van der Waals surface area (Å²) in [7, 11) is 0. The summed E-state index contributed by atoms with van der Waals surface area (Å²) in [6, 6.07) is 9.57. The van der Waals surface area contributed by atoms with Crippen LogP contribution in [0.25, 0.3) is 0 Å². The lowest BCUT2D eigenvalue weighted by Crippen LogP contribution is -2.20. The molecule has 2 aromatic rings. The maximum Gasteiger partial charge on any atom is 0.125 e. The van der Waals surface area contributed by atoms with Crippen LogP contribution >= 0.6 is 15.9 Å². The Balaban J connectivity index is 1.88. The van der Waals surface area contributed by atoms with Crippen LogP contribution in [0.1, 0.15) is 11.1 Å². The highest BCUT2D eigenvalue weighted by Crippen LogP contribution is 2.31. The van der Waals surface area contributed by atoms with Gasteiger partial charge in [0, 0.05) is 23.2 Å². The zero-order chi connectivity index (χ0) is 13.4. The van der Waals surface area contributed by atoms with E-state index in [2.05, 4.69) is 20.8 Å². The molecule has 1 heterocycles. The third-order valence-corrected chi connectivity index (χ3v) is 4.15. The summed E-state index contributed by atoms with van der Waals surface area (Å²) >= 11 is 3.37. The number of rotatable bonds is 2. The molecule has 0 radical (unpaired) electrons. The van der Waals surface area contributed by atoms with E-state index in [1.165, 1.54) is 23.8 Å². The molecule has 0 amide bonds. The minimum absolute atomic E-state index is 0.219. The van der Waals surface area contributed by atoms with Gasteiger partial charge in [0.1, 0.15) is 11.6 Å². The van der Waals surface area contributed by atoms with Gasteiger partial charge in [-0.05, 0) is 41.8 Å². The highest BCUT2D eigenvalue weighted by Gasteiger charge is 2.20. The van der Waals surface area contributed by atoms with Crippen molar-refractivity contribution < 1.29 is 8.78 Å². The summed E-state index contributed by atoms with van der Waals surface area (Å²) < 4.78 is 27.1. The molecule has 1 aliphatic rings. The smallest absolute Gasteiger partial charge is 0.125 e. The number of fused-ring (bicyclic) bond motifs is 1.